The maximum Gasteiger partial charge on any atom is 0.228 e. The molecule has 0 saturated carbocycles. The minimum absolute atomic E-state index is 0.0335. The molecule has 4 rings (SSSR count). The van der Waals surface area contributed by atoms with E-state index in [9.17, 15) is 9.59 Å². The summed E-state index contributed by atoms with van der Waals surface area (Å²) in [6, 6.07) is 9.18. The Labute approximate surface area is 181 Å². The molecule has 0 radical (unpaired) electrons. The highest BCUT2D eigenvalue weighted by Crippen LogP contribution is 2.29. The van der Waals surface area contributed by atoms with Crippen molar-refractivity contribution < 1.29 is 19.1 Å². The molecule has 1 unspecified atom stereocenters. The molecule has 1 aromatic heterocycles. The van der Waals surface area contributed by atoms with Crippen LogP contribution >= 0.6 is 0 Å². The van der Waals surface area contributed by atoms with E-state index in [1.54, 1.807) is 19.1 Å². The van der Waals surface area contributed by atoms with Gasteiger partial charge in [-0.2, -0.15) is 4.98 Å². The fourth-order valence-corrected chi connectivity index (χ4v) is 4.11. The molecule has 0 bridgehead atoms. The zero-order valence-corrected chi connectivity index (χ0v) is 18.1. The highest BCUT2D eigenvalue weighted by atomic mass is 16.5. The molecular weight excluding hydrogens is 398 g/mol. The number of aromatic nitrogens is 2. The number of carbonyl (C=O) groups is 2. The van der Waals surface area contributed by atoms with Gasteiger partial charge < -0.3 is 24.2 Å². The second-order valence-electron chi connectivity index (χ2n) is 7.73. The second kappa shape index (κ2) is 8.79. The number of aryl methyl sites for hydroxylation is 1. The third-order valence-corrected chi connectivity index (χ3v) is 5.76. The number of carbonyl (C=O) groups excluding carboxylic acids is 2. The molecule has 2 aliphatic heterocycles. The van der Waals surface area contributed by atoms with Gasteiger partial charge >= 0.3 is 0 Å². The summed E-state index contributed by atoms with van der Waals surface area (Å²) >= 11 is 0. The first-order chi connectivity index (χ1) is 15.0. The maximum atomic E-state index is 13.1. The van der Waals surface area contributed by atoms with E-state index in [-0.39, 0.29) is 24.2 Å². The number of anilines is 2. The van der Waals surface area contributed by atoms with Crippen LogP contribution in [0.25, 0.3) is 0 Å². The Hall–Kier alpha value is -3.36. The summed E-state index contributed by atoms with van der Waals surface area (Å²) in [5, 5.41) is 0. The van der Waals surface area contributed by atoms with Crippen LogP contribution in [-0.4, -0.2) is 73.6 Å². The number of rotatable bonds is 5. The Kier molecular flexibility index (Phi) is 5.92. The number of piperazine rings is 1. The van der Waals surface area contributed by atoms with Crippen molar-refractivity contribution in [2.45, 2.75) is 13.3 Å². The minimum Gasteiger partial charge on any atom is -0.497 e. The van der Waals surface area contributed by atoms with Crippen LogP contribution in [0.1, 0.15) is 12.2 Å². The van der Waals surface area contributed by atoms with Gasteiger partial charge in [-0.25, -0.2) is 4.98 Å². The van der Waals surface area contributed by atoms with Crippen molar-refractivity contribution >= 4 is 23.3 Å². The lowest BCUT2D eigenvalue weighted by Crippen LogP contribution is -2.51. The molecular formula is C22H27N5O4. The fraction of sp³-hybridized carbons (Fsp3) is 0.455. The lowest BCUT2D eigenvalue weighted by molar-refractivity contribution is -0.136. The predicted octanol–water partition coefficient (Wildman–Crippen LogP) is 1.50. The Morgan fingerprint density at radius 2 is 1.84 bits per heavy atom. The minimum atomic E-state index is -0.327. The number of benzene rings is 1. The van der Waals surface area contributed by atoms with E-state index in [4.69, 9.17) is 9.47 Å². The average Bonchev–Trinajstić information content (AvgIpc) is 3.19. The van der Waals surface area contributed by atoms with Crippen molar-refractivity contribution in [1.82, 2.24) is 14.9 Å². The summed E-state index contributed by atoms with van der Waals surface area (Å²) in [4.78, 5) is 40.1. The molecule has 0 spiro atoms. The van der Waals surface area contributed by atoms with Gasteiger partial charge in [0.15, 0.2) is 0 Å². The fourth-order valence-electron chi connectivity index (χ4n) is 4.11. The lowest BCUT2D eigenvalue weighted by atomic mass is 10.1. The Morgan fingerprint density at radius 3 is 2.55 bits per heavy atom. The lowest BCUT2D eigenvalue weighted by Gasteiger charge is -2.36. The third-order valence-electron chi connectivity index (χ3n) is 5.76. The topological polar surface area (TPSA) is 88.1 Å². The molecule has 2 amide bonds. The molecule has 9 nitrogen and oxygen atoms in total. The largest absolute Gasteiger partial charge is 0.497 e. The van der Waals surface area contributed by atoms with Crippen LogP contribution in [-0.2, 0) is 9.59 Å². The number of hydrogen-bond donors (Lipinski definition) is 0. The van der Waals surface area contributed by atoms with Crippen LogP contribution in [0.15, 0.2) is 30.3 Å². The SMILES string of the molecule is COc1cccc(N2CC(C(=O)N3CCN(c4cc(OC)nc(C)n4)CC3)CC2=O)c1. The second-order valence-corrected chi connectivity index (χ2v) is 7.73. The third kappa shape index (κ3) is 4.40. The zero-order valence-electron chi connectivity index (χ0n) is 18.1. The van der Waals surface area contributed by atoms with Crippen LogP contribution in [0, 0.1) is 12.8 Å². The van der Waals surface area contributed by atoms with Crippen molar-refractivity contribution in [2.75, 3.05) is 56.7 Å². The monoisotopic (exact) mass is 425 g/mol. The first-order valence-electron chi connectivity index (χ1n) is 10.4. The zero-order chi connectivity index (χ0) is 22.0. The number of nitrogens with zero attached hydrogens (tertiary/aromatic N) is 5. The molecule has 2 aliphatic rings. The van der Waals surface area contributed by atoms with Gasteiger partial charge in [0.2, 0.25) is 17.7 Å². The Morgan fingerprint density at radius 1 is 1.06 bits per heavy atom. The summed E-state index contributed by atoms with van der Waals surface area (Å²) in [5.41, 5.74) is 0.762. The summed E-state index contributed by atoms with van der Waals surface area (Å²) in [5.74, 6) is 2.35. The Balaban J connectivity index is 1.38. The Bertz CT molecular complexity index is 974. The van der Waals surface area contributed by atoms with E-state index in [0.717, 1.165) is 11.5 Å². The van der Waals surface area contributed by atoms with Gasteiger partial charge in [0.25, 0.3) is 0 Å². The van der Waals surface area contributed by atoms with Crippen molar-refractivity contribution in [3.63, 3.8) is 0 Å². The van der Waals surface area contributed by atoms with Gasteiger partial charge in [0.05, 0.1) is 20.1 Å². The van der Waals surface area contributed by atoms with Crippen molar-refractivity contribution in [1.29, 1.82) is 0 Å². The van der Waals surface area contributed by atoms with Crippen molar-refractivity contribution in [3.8, 4) is 11.6 Å². The molecule has 164 valence electrons. The van der Waals surface area contributed by atoms with Gasteiger partial charge in [-0.15, -0.1) is 0 Å². The van der Waals surface area contributed by atoms with Gasteiger partial charge in [-0.1, -0.05) is 6.07 Å². The van der Waals surface area contributed by atoms with E-state index in [2.05, 4.69) is 14.9 Å². The van der Waals surface area contributed by atoms with Gasteiger partial charge in [-0.05, 0) is 19.1 Å². The van der Waals surface area contributed by atoms with E-state index in [0.29, 0.717) is 50.2 Å². The van der Waals surface area contributed by atoms with E-state index in [1.807, 2.05) is 42.2 Å². The standard InChI is InChI=1S/C22H27N5O4/c1-15-23-19(13-20(24-15)31-3)25-7-9-26(10-8-25)22(29)16-11-21(28)27(14-16)17-5-4-6-18(12-17)30-2/h4-6,12-13,16H,7-11,14H2,1-3H3. The average molecular weight is 425 g/mol. The number of methoxy groups -OCH3 is 2. The molecule has 0 aliphatic carbocycles. The quantitative estimate of drug-likeness (QED) is 0.717. The number of hydrogen-bond acceptors (Lipinski definition) is 7. The van der Waals surface area contributed by atoms with Crippen LogP contribution in [0.2, 0.25) is 0 Å². The molecule has 9 heteroatoms. The molecule has 2 aromatic rings. The molecule has 2 saturated heterocycles. The summed E-state index contributed by atoms with van der Waals surface area (Å²) < 4.78 is 10.5. The normalized spacial score (nSPS) is 19.0. The number of amides is 2. The van der Waals surface area contributed by atoms with Gasteiger partial charge in [-0.3, -0.25) is 9.59 Å². The van der Waals surface area contributed by atoms with Crippen LogP contribution < -0.4 is 19.3 Å². The maximum absolute atomic E-state index is 13.1. The molecule has 1 atom stereocenters. The summed E-state index contributed by atoms with van der Waals surface area (Å²) in [6.07, 6.45) is 0.235. The van der Waals surface area contributed by atoms with Crippen LogP contribution in [0.5, 0.6) is 11.6 Å². The van der Waals surface area contributed by atoms with E-state index in [1.165, 1.54) is 0 Å². The number of ether oxygens (including phenoxy) is 2. The van der Waals surface area contributed by atoms with Gasteiger partial charge in [0, 0.05) is 57.0 Å². The van der Waals surface area contributed by atoms with E-state index >= 15 is 0 Å². The first-order valence-corrected chi connectivity index (χ1v) is 10.4. The molecule has 2 fully saturated rings. The molecule has 3 heterocycles. The van der Waals surface area contributed by atoms with Crippen molar-refractivity contribution in [2.24, 2.45) is 5.92 Å². The predicted molar refractivity (Wildman–Crippen MR) is 116 cm³/mol. The van der Waals surface area contributed by atoms with Crippen LogP contribution in [0.4, 0.5) is 11.5 Å². The first kappa shape index (κ1) is 20.9. The highest BCUT2D eigenvalue weighted by Gasteiger charge is 2.38. The van der Waals surface area contributed by atoms with Crippen molar-refractivity contribution in [3.05, 3.63) is 36.2 Å². The smallest absolute Gasteiger partial charge is 0.228 e. The highest BCUT2D eigenvalue weighted by molar-refractivity contribution is 6.00. The van der Waals surface area contributed by atoms with Crippen LogP contribution in [0.3, 0.4) is 0 Å². The summed E-state index contributed by atoms with van der Waals surface area (Å²) in [7, 11) is 3.18. The molecule has 0 N–H and O–H groups in total. The summed E-state index contributed by atoms with van der Waals surface area (Å²) in [6.45, 7) is 4.75. The molecule has 1 aromatic carbocycles. The molecule has 31 heavy (non-hydrogen) atoms. The van der Waals surface area contributed by atoms with Gasteiger partial charge in [0.1, 0.15) is 17.4 Å². The van der Waals surface area contributed by atoms with E-state index < -0.39 is 0 Å².